The van der Waals surface area contributed by atoms with Crippen LogP contribution in [0.25, 0.3) is 0 Å². The third-order valence-electron chi connectivity index (χ3n) is 2.72. The highest BCUT2D eigenvalue weighted by Crippen LogP contribution is 2.12. The van der Waals surface area contributed by atoms with Gasteiger partial charge >= 0.3 is 0 Å². The summed E-state index contributed by atoms with van der Waals surface area (Å²) in [5.41, 5.74) is 0. The first-order chi connectivity index (χ1) is 7.34. The molecule has 0 unspecified atom stereocenters. The van der Waals surface area contributed by atoms with Crippen molar-refractivity contribution >= 4 is 0 Å². The van der Waals surface area contributed by atoms with E-state index in [1.165, 1.54) is 12.8 Å². The molecule has 0 saturated carbocycles. The third-order valence-corrected chi connectivity index (χ3v) is 2.72. The van der Waals surface area contributed by atoms with Gasteiger partial charge in [-0.25, -0.2) is 4.98 Å². The van der Waals surface area contributed by atoms with Crippen LogP contribution in [0, 0.1) is 0 Å². The monoisotopic (exact) mass is 210 g/mol. The number of nitrogens with zero attached hydrogens (tertiary/aromatic N) is 4. The second-order valence-electron chi connectivity index (χ2n) is 4.06. The maximum atomic E-state index is 5.58. The quantitative estimate of drug-likeness (QED) is 0.705. The zero-order chi connectivity index (χ0) is 10.5. The van der Waals surface area contributed by atoms with Crippen molar-refractivity contribution in [2.45, 2.75) is 25.5 Å². The number of likely N-dealkylation sites (N-methyl/N-ethyl adjacent to an activating group) is 1. The summed E-state index contributed by atoms with van der Waals surface area (Å²) in [5.74, 6) is 0. The fraction of sp³-hybridized carbons (Fsp3) is 0.800. The van der Waals surface area contributed by atoms with Crippen LogP contribution < -0.4 is 0 Å². The van der Waals surface area contributed by atoms with Gasteiger partial charge in [-0.1, -0.05) is 0 Å². The Morgan fingerprint density at radius 2 is 2.53 bits per heavy atom. The van der Waals surface area contributed by atoms with E-state index in [2.05, 4.69) is 22.0 Å². The molecular formula is C10H18N4O. The lowest BCUT2D eigenvalue weighted by Crippen LogP contribution is -2.31. The number of rotatable bonds is 5. The number of hydrogen-bond donors (Lipinski definition) is 0. The molecule has 1 atom stereocenters. The predicted octanol–water partition coefficient (Wildman–Crippen LogP) is 0.389. The van der Waals surface area contributed by atoms with Crippen molar-refractivity contribution in [3.8, 4) is 0 Å². The van der Waals surface area contributed by atoms with Crippen LogP contribution in [0.5, 0.6) is 0 Å². The van der Waals surface area contributed by atoms with Gasteiger partial charge < -0.3 is 9.64 Å². The fourth-order valence-electron chi connectivity index (χ4n) is 1.85. The van der Waals surface area contributed by atoms with Crippen LogP contribution in [0.2, 0.25) is 0 Å². The van der Waals surface area contributed by atoms with Crippen LogP contribution in [0.3, 0.4) is 0 Å². The van der Waals surface area contributed by atoms with Gasteiger partial charge in [0.25, 0.3) is 0 Å². The van der Waals surface area contributed by atoms with Gasteiger partial charge in [0.05, 0.1) is 12.6 Å². The number of aromatic nitrogens is 3. The molecule has 2 rings (SSSR count). The Balaban J connectivity index is 1.66. The molecule has 0 N–H and O–H groups in total. The zero-order valence-electron chi connectivity index (χ0n) is 9.17. The van der Waals surface area contributed by atoms with Crippen molar-refractivity contribution in [2.75, 3.05) is 26.7 Å². The minimum Gasteiger partial charge on any atom is -0.377 e. The summed E-state index contributed by atoms with van der Waals surface area (Å²) in [6.07, 6.45) is 6.17. The molecule has 0 bridgehead atoms. The second-order valence-corrected chi connectivity index (χ2v) is 4.06. The van der Waals surface area contributed by atoms with E-state index in [1.807, 2.05) is 4.68 Å². The normalized spacial score (nSPS) is 21.3. The molecule has 1 saturated heterocycles. The highest BCUT2D eigenvalue weighted by atomic mass is 16.5. The largest absolute Gasteiger partial charge is 0.377 e. The Kier molecular flexibility index (Phi) is 3.69. The molecule has 0 radical (unpaired) electrons. The molecule has 15 heavy (non-hydrogen) atoms. The molecule has 5 nitrogen and oxygen atoms in total. The first-order valence-electron chi connectivity index (χ1n) is 5.47. The predicted molar refractivity (Wildman–Crippen MR) is 56.5 cm³/mol. The van der Waals surface area contributed by atoms with Crippen LogP contribution in [0.1, 0.15) is 12.8 Å². The number of ether oxygens (including phenoxy) is 1. The van der Waals surface area contributed by atoms with E-state index in [-0.39, 0.29) is 0 Å². The van der Waals surface area contributed by atoms with Crippen LogP contribution in [0.15, 0.2) is 12.7 Å². The summed E-state index contributed by atoms with van der Waals surface area (Å²) in [6.45, 7) is 3.84. The van der Waals surface area contributed by atoms with E-state index in [9.17, 15) is 0 Å². The van der Waals surface area contributed by atoms with Crippen molar-refractivity contribution in [3.05, 3.63) is 12.7 Å². The maximum Gasteiger partial charge on any atom is 0.137 e. The molecule has 1 fully saturated rings. The fourth-order valence-corrected chi connectivity index (χ4v) is 1.85. The van der Waals surface area contributed by atoms with Crippen molar-refractivity contribution in [1.29, 1.82) is 0 Å². The lowest BCUT2D eigenvalue weighted by atomic mass is 10.2. The highest BCUT2D eigenvalue weighted by molar-refractivity contribution is 4.68. The van der Waals surface area contributed by atoms with Crippen LogP contribution in [-0.4, -0.2) is 52.5 Å². The summed E-state index contributed by atoms with van der Waals surface area (Å²) in [6, 6.07) is 0. The van der Waals surface area contributed by atoms with Gasteiger partial charge in [-0.2, -0.15) is 5.10 Å². The molecule has 1 aliphatic rings. The van der Waals surface area contributed by atoms with Crippen molar-refractivity contribution in [3.63, 3.8) is 0 Å². The first kappa shape index (κ1) is 10.6. The summed E-state index contributed by atoms with van der Waals surface area (Å²) >= 11 is 0. The van der Waals surface area contributed by atoms with E-state index < -0.39 is 0 Å². The zero-order valence-corrected chi connectivity index (χ0v) is 9.17. The van der Waals surface area contributed by atoms with Gasteiger partial charge in [-0.05, 0) is 19.9 Å². The maximum absolute atomic E-state index is 5.58. The van der Waals surface area contributed by atoms with E-state index >= 15 is 0 Å². The molecule has 1 aromatic heterocycles. The van der Waals surface area contributed by atoms with Crippen LogP contribution >= 0.6 is 0 Å². The third kappa shape index (κ3) is 3.28. The minimum absolute atomic E-state index is 0.436. The topological polar surface area (TPSA) is 43.2 Å². The molecule has 1 aromatic rings. The van der Waals surface area contributed by atoms with E-state index in [0.717, 1.165) is 26.2 Å². The molecule has 0 amide bonds. The molecule has 0 aromatic carbocycles. The Bertz CT molecular complexity index is 269. The van der Waals surface area contributed by atoms with Crippen molar-refractivity contribution in [1.82, 2.24) is 19.7 Å². The standard InChI is InChI=1S/C10H18N4O/c1-13(7-10-3-2-6-15-10)4-5-14-9-11-8-12-14/h8-10H,2-7H2,1H3/t10-/m1/s1. The summed E-state index contributed by atoms with van der Waals surface area (Å²) < 4.78 is 7.44. The second kappa shape index (κ2) is 5.23. The van der Waals surface area contributed by atoms with Crippen LogP contribution in [0.4, 0.5) is 0 Å². The molecule has 84 valence electrons. The molecule has 5 heteroatoms. The lowest BCUT2D eigenvalue weighted by molar-refractivity contribution is 0.0800. The van der Waals surface area contributed by atoms with Crippen molar-refractivity contribution < 1.29 is 4.74 Å². The average Bonchev–Trinajstić information content (AvgIpc) is 2.86. The van der Waals surface area contributed by atoms with E-state index in [4.69, 9.17) is 4.74 Å². The van der Waals surface area contributed by atoms with E-state index in [0.29, 0.717) is 6.10 Å². The molecular weight excluding hydrogens is 192 g/mol. The molecule has 2 heterocycles. The first-order valence-corrected chi connectivity index (χ1v) is 5.47. The summed E-state index contributed by atoms with van der Waals surface area (Å²) in [7, 11) is 2.12. The van der Waals surface area contributed by atoms with Gasteiger partial charge in [0.1, 0.15) is 12.7 Å². The van der Waals surface area contributed by atoms with Crippen molar-refractivity contribution in [2.24, 2.45) is 0 Å². The lowest BCUT2D eigenvalue weighted by Gasteiger charge is -2.20. The van der Waals surface area contributed by atoms with Gasteiger partial charge in [0.15, 0.2) is 0 Å². The van der Waals surface area contributed by atoms with E-state index in [1.54, 1.807) is 12.7 Å². The smallest absolute Gasteiger partial charge is 0.137 e. The van der Waals surface area contributed by atoms with Gasteiger partial charge in [-0.3, -0.25) is 4.68 Å². The minimum atomic E-state index is 0.436. The Morgan fingerprint density at radius 3 is 3.20 bits per heavy atom. The summed E-state index contributed by atoms with van der Waals surface area (Å²) in [4.78, 5) is 6.20. The molecule has 0 spiro atoms. The van der Waals surface area contributed by atoms with Gasteiger partial charge in [-0.15, -0.1) is 0 Å². The summed E-state index contributed by atoms with van der Waals surface area (Å²) in [5, 5.41) is 4.07. The average molecular weight is 210 g/mol. The van der Waals surface area contributed by atoms with Gasteiger partial charge in [0, 0.05) is 19.7 Å². The van der Waals surface area contributed by atoms with Gasteiger partial charge in [0.2, 0.25) is 0 Å². The Hall–Kier alpha value is -0.940. The SMILES string of the molecule is CN(CCn1cncn1)C[C@H]1CCCO1. The Labute approximate surface area is 90.0 Å². The molecule has 0 aliphatic carbocycles. The number of hydrogen-bond acceptors (Lipinski definition) is 4. The van der Waals surface area contributed by atoms with Crippen LogP contribution in [-0.2, 0) is 11.3 Å². The Morgan fingerprint density at radius 1 is 1.60 bits per heavy atom. The highest BCUT2D eigenvalue weighted by Gasteiger charge is 2.16. The molecule has 1 aliphatic heterocycles.